The summed E-state index contributed by atoms with van der Waals surface area (Å²) < 4.78 is 1.94. The third-order valence-corrected chi connectivity index (χ3v) is 6.80. The summed E-state index contributed by atoms with van der Waals surface area (Å²) in [6.45, 7) is 7.21. The van der Waals surface area contributed by atoms with Crippen molar-refractivity contribution in [3.63, 3.8) is 0 Å². The minimum absolute atomic E-state index is 0.195. The average Bonchev–Trinajstić information content (AvgIpc) is 2.84. The summed E-state index contributed by atoms with van der Waals surface area (Å²) in [5.74, 6) is 1.01. The molecule has 1 saturated heterocycles. The summed E-state index contributed by atoms with van der Waals surface area (Å²) in [5.41, 5.74) is 3.53. The van der Waals surface area contributed by atoms with Crippen molar-refractivity contribution in [3.05, 3.63) is 38.8 Å². The molecule has 5 heteroatoms. The van der Waals surface area contributed by atoms with Crippen molar-refractivity contribution in [2.24, 2.45) is 13.0 Å². The first-order valence-electron chi connectivity index (χ1n) is 8.84. The van der Waals surface area contributed by atoms with Crippen LogP contribution >= 0.6 is 11.3 Å². The van der Waals surface area contributed by atoms with E-state index in [1.807, 2.05) is 23.1 Å². The SMILES string of the molecule is Cc1ccc(C2CC2C(=O)N2CCCC2c2c(C)nn(C)c2C)s1. The number of rotatable bonds is 3. The number of aromatic nitrogens is 2. The second-order valence-corrected chi connectivity index (χ2v) is 8.61. The largest absolute Gasteiger partial charge is 0.335 e. The van der Waals surface area contributed by atoms with Gasteiger partial charge in [0.25, 0.3) is 0 Å². The van der Waals surface area contributed by atoms with Crippen molar-refractivity contribution in [2.75, 3.05) is 6.54 Å². The van der Waals surface area contributed by atoms with Crippen LogP contribution in [0.1, 0.15) is 57.9 Å². The molecule has 2 aromatic heterocycles. The Balaban J connectivity index is 1.54. The zero-order valence-electron chi connectivity index (χ0n) is 14.9. The second-order valence-electron chi connectivity index (χ2n) is 7.29. The molecule has 4 rings (SSSR count). The van der Waals surface area contributed by atoms with Gasteiger partial charge in [-0.05, 0) is 52.2 Å². The van der Waals surface area contributed by atoms with E-state index in [-0.39, 0.29) is 12.0 Å². The molecule has 3 atom stereocenters. The van der Waals surface area contributed by atoms with Gasteiger partial charge in [-0.3, -0.25) is 9.48 Å². The number of likely N-dealkylation sites (tertiary alicyclic amines) is 1. The smallest absolute Gasteiger partial charge is 0.226 e. The van der Waals surface area contributed by atoms with Gasteiger partial charge in [-0.1, -0.05) is 0 Å². The first-order chi connectivity index (χ1) is 11.5. The monoisotopic (exact) mass is 343 g/mol. The molecule has 1 aliphatic heterocycles. The highest BCUT2D eigenvalue weighted by atomic mass is 32.1. The summed E-state index contributed by atoms with van der Waals surface area (Å²) in [6, 6.07) is 4.59. The highest BCUT2D eigenvalue weighted by Gasteiger charge is 2.48. The van der Waals surface area contributed by atoms with Crippen LogP contribution in [0.4, 0.5) is 0 Å². The van der Waals surface area contributed by atoms with Crippen molar-refractivity contribution in [3.8, 4) is 0 Å². The Morgan fingerprint density at radius 3 is 2.71 bits per heavy atom. The van der Waals surface area contributed by atoms with Gasteiger partial charge in [0, 0.05) is 46.4 Å². The van der Waals surface area contributed by atoms with Crippen LogP contribution < -0.4 is 0 Å². The Morgan fingerprint density at radius 1 is 1.29 bits per heavy atom. The van der Waals surface area contributed by atoms with E-state index in [0.29, 0.717) is 11.8 Å². The van der Waals surface area contributed by atoms with Gasteiger partial charge in [-0.15, -0.1) is 11.3 Å². The van der Waals surface area contributed by atoms with E-state index in [1.165, 1.54) is 21.0 Å². The van der Waals surface area contributed by atoms with Gasteiger partial charge in [-0.25, -0.2) is 0 Å². The van der Waals surface area contributed by atoms with Crippen molar-refractivity contribution in [2.45, 2.75) is 52.0 Å². The van der Waals surface area contributed by atoms with E-state index in [1.54, 1.807) is 0 Å². The fourth-order valence-electron chi connectivity index (χ4n) is 4.25. The van der Waals surface area contributed by atoms with Gasteiger partial charge in [0.15, 0.2) is 0 Å². The number of aryl methyl sites for hydroxylation is 3. The van der Waals surface area contributed by atoms with Crippen LogP contribution in [0.15, 0.2) is 12.1 Å². The number of amides is 1. The molecule has 1 amide bonds. The van der Waals surface area contributed by atoms with Gasteiger partial charge < -0.3 is 4.90 Å². The molecule has 0 spiro atoms. The molecule has 2 fully saturated rings. The predicted molar refractivity (Wildman–Crippen MR) is 96.3 cm³/mol. The number of hydrogen-bond donors (Lipinski definition) is 0. The van der Waals surface area contributed by atoms with Crippen LogP contribution in [0.5, 0.6) is 0 Å². The normalized spacial score (nSPS) is 26.2. The van der Waals surface area contributed by atoms with Crippen LogP contribution in [-0.2, 0) is 11.8 Å². The molecular weight excluding hydrogens is 318 g/mol. The van der Waals surface area contributed by atoms with Gasteiger partial charge in [0.05, 0.1) is 11.7 Å². The average molecular weight is 343 g/mol. The number of carbonyl (C=O) groups excluding carboxylic acids is 1. The quantitative estimate of drug-likeness (QED) is 0.848. The van der Waals surface area contributed by atoms with Crippen molar-refractivity contribution < 1.29 is 4.79 Å². The number of nitrogens with zero attached hydrogens (tertiary/aromatic N) is 3. The molecule has 2 aliphatic rings. The Bertz CT molecular complexity index is 791. The highest BCUT2D eigenvalue weighted by Crippen LogP contribution is 2.52. The van der Waals surface area contributed by atoms with Gasteiger partial charge >= 0.3 is 0 Å². The zero-order valence-corrected chi connectivity index (χ0v) is 15.7. The molecular formula is C19H25N3OS. The van der Waals surface area contributed by atoms with Gasteiger partial charge in [0.2, 0.25) is 5.91 Å². The van der Waals surface area contributed by atoms with E-state index in [0.717, 1.165) is 31.5 Å². The standard InChI is InChI=1S/C19H25N3OS/c1-11-7-8-17(24-11)14-10-15(14)19(23)22-9-5-6-16(22)18-12(2)20-21(4)13(18)3/h7-8,14-16H,5-6,9-10H2,1-4H3. The lowest BCUT2D eigenvalue weighted by Crippen LogP contribution is -2.32. The molecule has 0 bridgehead atoms. The van der Waals surface area contributed by atoms with Crippen LogP contribution in [0.3, 0.4) is 0 Å². The predicted octanol–water partition coefficient (Wildman–Crippen LogP) is 3.87. The van der Waals surface area contributed by atoms with Crippen molar-refractivity contribution in [1.29, 1.82) is 0 Å². The first kappa shape index (κ1) is 15.9. The second kappa shape index (κ2) is 5.73. The highest BCUT2D eigenvalue weighted by molar-refractivity contribution is 7.12. The molecule has 3 unspecified atom stereocenters. The summed E-state index contributed by atoms with van der Waals surface area (Å²) >= 11 is 1.84. The van der Waals surface area contributed by atoms with E-state index in [4.69, 9.17) is 0 Å². The summed E-state index contributed by atoms with van der Waals surface area (Å²) in [5, 5.41) is 4.56. The molecule has 128 valence electrons. The summed E-state index contributed by atoms with van der Waals surface area (Å²) in [6.07, 6.45) is 3.18. The van der Waals surface area contributed by atoms with Gasteiger partial charge in [-0.2, -0.15) is 5.10 Å². The Hall–Kier alpha value is -1.62. The van der Waals surface area contributed by atoms with E-state index < -0.39 is 0 Å². The molecule has 0 aromatic carbocycles. The maximum atomic E-state index is 13.1. The molecule has 2 aromatic rings. The molecule has 24 heavy (non-hydrogen) atoms. The third kappa shape index (κ3) is 2.50. The van der Waals surface area contributed by atoms with Gasteiger partial charge in [0.1, 0.15) is 0 Å². The molecule has 1 saturated carbocycles. The maximum Gasteiger partial charge on any atom is 0.226 e. The summed E-state index contributed by atoms with van der Waals surface area (Å²) in [7, 11) is 1.99. The van der Waals surface area contributed by atoms with E-state index in [2.05, 4.69) is 42.9 Å². The van der Waals surface area contributed by atoms with Crippen LogP contribution in [0, 0.1) is 26.7 Å². The maximum absolute atomic E-state index is 13.1. The molecule has 1 aliphatic carbocycles. The summed E-state index contributed by atoms with van der Waals surface area (Å²) in [4.78, 5) is 18.0. The lowest BCUT2D eigenvalue weighted by Gasteiger charge is -2.25. The lowest BCUT2D eigenvalue weighted by atomic mass is 10.0. The number of carbonyl (C=O) groups is 1. The molecule has 3 heterocycles. The van der Waals surface area contributed by atoms with E-state index >= 15 is 0 Å². The van der Waals surface area contributed by atoms with Crippen LogP contribution in [-0.4, -0.2) is 27.1 Å². The van der Waals surface area contributed by atoms with Crippen LogP contribution in [0.2, 0.25) is 0 Å². The minimum atomic E-state index is 0.195. The Kier molecular flexibility index (Phi) is 3.79. The molecule has 0 N–H and O–H groups in total. The minimum Gasteiger partial charge on any atom is -0.335 e. The third-order valence-electron chi connectivity index (χ3n) is 5.67. The van der Waals surface area contributed by atoms with Crippen molar-refractivity contribution in [1.82, 2.24) is 14.7 Å². The Morgan fingerprint density at radius 2 is 2.08 bits per heavy atom. The van der Waals surface area contributed by atoms with Crippen molar-refractivity contribution >= 4 is 17.2 Å². The lowest BCUT2D eigenvalue weighted by molar-refractivity contribution is -0.133. The van der Waals surface area contributed by atoms with Crippen LogP contribution in [0.25, 0.3) is 0 Å². The Labute approximate surface area is 147 Å². The zero-order chi connectivity index (χ0) is 17.0. The number of hydrogen-bond acceptors (Lipinski definition) is 3. The molecule has 0 radical (unpaired) electrons. The first-order valence-corrected chi connectivity index (χ1v) is 9.66. The number of thiophene rings is 1. The fraction of sp³-hybridized carbons (Fsp3) is 0.579. The molecule has 4 nitrogen and oxygen atoms in total. The topological polar surface area (TPSA) is 38.1 Å². The fourth-order valence-corrected chi connectivity index (χ4v) is 5.31. The van der Waals surface area contributed by atoms with E-state index in [9.17, 15) is 4.79 Å².